The second kappa shape index (κ2) is 8.85. The quantitative estimate of drug-likeness (QED) is 0.604. The zero-order valence-electron chi connectivity index (χ0n) is 11.9. The molecule has 104 valence electrons. The smallest absolute Gasteiger partial charge is 0.123 e. The van der Waals surface area contributed by atoms with Crippen molar-refractivity contribution in [2.75, 3.05) is 13.2 Å². The second-order valence-electron chi connectivity index (χ2n) is 4.80. The van der Waals surface area contributed by atoms with Gasteiger partial charge in [0.05, 0.1) is 6.61 Å². The van der Waals surface area contributed by atoms with Crippen LogP contribution in [0.15, 0.2) is 18.2 Å². The number of halogens is 1. The Bertz CT molecular complexity index is 446. The van der Waals surface area contributed by atoms with Gasteiger partial charge in [0, 0.05) is 23.6 Å². The number of nitrogens with one attached hydrogen (secondary N) is 1. The van der Waals surface area contributed by atoms with Gasteiger partial charge in [0.1, 0.15) is 5.75 Å². The fraction of sp³-hybridized carbons (Fsp3) is 0.500. The van der Waals surface area contributed by atoms with E-state index in [-0.39, 0.29) is 0 Å². The van der Waals surface area contributed by atoms with Crippen LogP contribution in [-0.2, 0) is 6.54 Å². The summed E-state index contributed by atoms with van der Waals surface area (Å²) < 4.78 is 5.75. The predicted molar refractivity (Wildman–Crippen MR) is 81.6 cm³/mol. The lowest BCUT2D eigenvalue weighted by Gasteiger charge is -2.13. The average molecular weight is 280 g/mol. The van der Waals surface area contributed by atoms with Crippen molar-refractivity contribution in [3.05, 3.63) is 28.8 Å². The summed E-state index contributed by atoms with van der Waals surface area (Å²) in [4.78, 5) is 0. The highest BCUT2D eigenvalue weighted by molar-refractivity contribution is 6.30. The summed E-state index contributed by atoms with van der Waals surface area (Å²) in [6, 6.07) is 5.73. The Morgan fingerprint density at radius 2 is 2.16 bits per heavy atom. The molecule has 19 heavy (non-hydrogen) atoms. The van der Waals surface area contributed by atoms with Crippen LogP contribution in [0, 0.1) is 17.8 Å². The zero-order chi connectivity index (χ0) is 14.1. The Morgan fingerprint density at radius 1 is 1.37 bits per heavy atom. The summed E-state index contributed by atoms with van der Waals surface area (Å²) in [6.45, 7) is 8.57. The standard InChI is InChI=1S/C16H22ClNO/c1-4-5-6-9-19-16-8-7-15(17)10-14(16)12-18-11-13(2)3/h7-8,10,13,18H,6,9,11-12H2,1-3H3. The normalized spacial score (nSPS) is 10.2. The Balaban J connectivity index is 2.59. The van der Waals surface area contributed by atoms with E-state index in [2.05, 4.69) is 31.0 Å². The van der Waals surface area contributed by atoms with Crippen molar-refractivity contribution >= 4 is 11.6 Å². The Labute approximate surface area is 121 Å². The van der Waals surface area contributed by atoms with E-state index in [1.807, 2.05) is 25.1 Å². The van der Waals surface area contributed by atoms with Gasteiger partial charge in [-0.1, -0.05) is 25.4 Å². The highest BCUT2D eigenvalue weighted by atomic mass is 35.5. The summed E-state index contributed by atoms with van der Waals surface area (Å²) >= 11 is 6.04. The highest BCUT2D eigenvalue weighted by Crippen LogP contribution is 2.23. The predicted octanol–water partition coefficient (Wildman–Crippen LogP) is 3.88. The minimum Gasteiger partial charge on any atom is -0.492 e. The van der Waals surface area contributed by atoms with Gasteiger partial charge in [0.25, 0.3) is 0 Å². The first-order chi connectivity index (χ1) is 9.13. The molecule has 0 aromatic heterocycles. The summed E-state index contributed by atoms with van der Waals surface area (Å²) in [5.74, 6) is 7.37. The molecule has 0 aliphatic rings. The van der Waals surface area contributed by atoms with Gasteiger partial charge in [-0.15, -0.1) is 11.8 Å². The van der Waals surface area contributed by atoms with E-state index >= 15 is 0 Å². The maximum absolute atomic E-state index is 6.04. The fourth-order valence-corrected chi connectivity index (χ4v) is 1.85. The molecule has 1 rings (SSSR count). The molecule has 0 unspecified atom stereocenters. The monoisotopic (exact) mass is 279 g/mol. The van der Waals surface area contributed by atoms with Gasteiger partial charge in [-0.2, -0.15) is 0 Å². The maximum Gasteiger partial charge on any atom is 0.123 e. The van der Waals surface area contributed by atoms with Crippen molar-refractivity contribution in [3.8, 4) is 17.6 Å². The summed E-state index contributed by atoms with van der Waals surface area (Å²) in [7, 11) is 0. The molecule has 0 spiro atoms. The number of rotatable bonds is 7. The Kier molecular flexibility index (Phi) is 7.40. The minimum absolute atomic E-state index is 0.611. The summed E-state index contributed by atoms with van der Waals surface area (Å²) in [6.07, 6.45) is 0.748. The van der Waals surface area contributed by atoms with Gasteiger partial charge < -0.3 is 10.1 Å². The van der Waals surface area contributed by atoms with Crippen molar-refractivity contribution in [2.45, 2.75) is 33.7 Å². The van der Waals surface area contributed by atoms with Crippen LogP contribution in [0.3, 0.4) is 0 Å². The van der Waals surface area contributed by atoms with E-state index in [0.29, 0.717) is 12.5 Å². The van der Waals surface area contributed by atoms with E-state index in [4.69, 9.17) is 16.3 Å². The van der Waals surface area contributed by atoms with Crippen LogP contribution in [0.4, 0.5) is 0 Å². The molecule has 0 atom stereocenters. The topological polar surface area (TPSA) is 21.3 Å². The number of hydrogen-bond acceptors (Lipinski definition) is 2. The lowest BCUT2D eigenvalue weighted by molar-refractivity contribution is 0.322. The number of ether oxygens (including phenoxy) is 1. The fourth-order valence-electron chi connectivity index (χ4n) is 1.66. The molecule has 2 nitrogen and oxygen atoms in total. The third-order valence-electron chi connectivity index (χ3n) is 2.55. The van der Waals surface area contributed by atoms with Crippen LogP contribution in [0.25, 0.3) is 0 Å². The van der Waals surface area contributed by atoms with E-state index in [1.165, 1.54) is 0 Å². The molecule has 1 N–H and O–H groups in total. The molecule has 0 saturated carbocycles. The van der Waals surface area contributed by atoms with E-state index in [9.17, 15) is 0 Å². The van der Waals surface area contributed by atoms with Crippen molar-refractivity contribution in [3.63, 3.8) is 0 Å². The highest BCUT2D eigenvalue weighted by Gasteiger charge is 2.05. The zero-order valence-corrected chi connectivity index (χ0v) is 12.7. The molecule has 0 radical (unpaired) electrons. The Hall–Kier alpha value is -1.17. The molecule has 0 aliphatic carbocycles. The molecule has 0 aliphatic heterocycles. The first-order valence-corrected chi connectivity index (χ1v) is 7.02. The van der Waals surface area contributed by atoms with Crippen LogP contribution in [-0.4, -0.2) is 13.2 Å². The summed E-state index contributed by atoms with van der Waals surface area (Å²) in [5, 5.41) is 4.14. The molecule has 3 heteroatoms. The third kappa shape index (κ3) is 6.52. The molecule has 1 aromatic rings. The van der Waals surface area contributed by atoms with Crippen LogP contribution < -0.4 is 10.1 Å². The van der Waals surface area contributed by atoms with E-state index < -0.39 is 0 Å². The van der Waals surface area contributed by atoms with E-state index in [0.717, 1.165) is 35.8 Å². The average Bonchev–Trinajstić information content (AvgIpc) is 2.36. The van der Waals surface area contributed by atoms with Crippen molar-refractivity contribution in [1.29, 1.82) is 0 Å². The number of benzene rings is 1. The van der Waals surface area contributed by atoms with Gasteiger partial charge in [-0.25, -0.2) is 0 Å². The first-order valence-electron chi connectivity index (χ1n) is 6.65. The minimum atomic E-state index is 0.611. The molecule has 0 fully saturated rings. The van der Waals surface area contributed by atoms with Gasteiger partial charge in [0.2, 0.25) is 0 Å². The van der Waals surface area contributed by atoms with E-state index in [1.54, 1.807) is 0 Å². The molecule has 1 aromatic carbocycles. The summed E-state index contributed by atoms with van der Waals surface area (Å²) in [5.41, 5.74) is 1.10. The van der Waals surface area contributed by atoms with Gasteiger partial charge in [-0.05, 0) is 37.6 Å². The molecule has 0 bridgehead atoms. The van der Waals surface area contributed by atoms with Crippen LogP contribution in [0.2, 0.25) is 5.02 Å². The lowest BCUT2D eigenvalue weighted by atomic mass is 10.2. The molecule has 0 amide bonds. The van der Waals surface area contributed by atoms with Crippen LogP contribution in [0.5, 0.6) is 5.75 Å². The van der Waals surface area contributed by atoms with Gasteiger partial charge in [-0.3, -0.25) is 0 Å². The molecular formula is C16H22ClNO. The lowest BCUT2D eigenvalue weighted by Crippen LogP contribution is -2.19. The number of hydrogen-bond donors (Lipinski definition) is 1. The SMILES string of the molecule is CC#CCCOc1ccc(Cl)cc1CNCC(C)C. The molecule has 0 heterocycles. The molecule has 0 saturated heterocycles. The van der Waals surface area contributed by atoms with Crippen molar-refractivity contribution < 1.29 is 4.74 Å². The van der Waals surface area contributed by atoms with Gasteiger partial charge >= 0.3 is 0 Å². The largest absolute Gasteiger partial charge is 0.492 e. The van der Waals surface area contributed by atoms with Crippen molar-refractivity contribution in [2.24, 2.45) is 5.92 Å². The second-order valence-corrected chi connectivity index (χ2v) is 5.24. The third-order valence-corrected chi connectivity index (χ3v) is 2.79. The van der Waals surface area contributed by atoms with Gasteiger partial charge in [0.15, 0.2) is 0 Å². The van der Waals surface area contributed by atoms with Crippen LogP contribution in [0.1, 0.15) is 32.8 Å². The van der Waals surface area contributed by atoms with Crippen molar-refractivity contribution in [1.82, 2.24) is 5.32 Å². The Morgan fingerprint density at radius 3 is 2.84 bits per heavy atom. The maximum atomic E-state index is 6.04. The molecular weight excluding hydrogens is 258 g/mol. The van der Waals surface area contributed by atoms with Crippen LogP contribution >= 0.6 is 11.6 Å². The first kappa shape index (κ1) is 15.9.